The summed E-state index contributed by atoms with van der Waals surface area (Å²) in [7, 11) is -7.17. The van der Waals surface area contributed by atoms with Crippen molar-refractivity contribution in [1.82, 2.24) is 9.03 Å². The predicted octanol–water partition coefficient (Wildman–Crippen LogP) is 1.08. The largest absolute Gasteiger partial charge is 0.240 e. The van der Waals surface area contributed by atoms with Crippen LogP contribution in [0.15, 0.2) is 23.1 Å². The monoisotopic (exact) mass is 352 g/mol. The summed E-state index contributed by atoms with van der Waals surface area (Å²) in [5, 5.41) is 0. The second kappa shape index (κ2) is 7.49. The predicted molar refractivity (Wildman–Crippen MR) is 83.0 cm³/mol. The Morgan fingerprint density at radius 1 is 1.18 bits per heavy atom. The fourth-order valence-electron chi connectivity index (χ4n) is 1.87. The van der Waals surface area contributed by atoms with Crippen LogP contribution in [-0.4, -0.2) is 47.0 Å². The maximum atomic E-state index is 13.2. The lowest BCUT2D eigenvalue weighted by Crippen LogP contribution is -2.38. The van der Waals surface area contributed by atoms with Gasteiger partial charge in [-0.2, -0.15) is 0 Å². The van der Waals surface area contributed by atoms with Gasteiger partial charge >= 0.3 is 0 Å². The molecule has 0 fully saturated rings. The van der Waals surface area contributed by atoms with Gasteiger partial charge in [-0.3, -0.25) is 0 Å². The van der Waals surface area contributed by atoms with Crippen molar-refractivity contribution in [2.24, 2.45) is 0 Å². The van der Waals surface area contributed by atoms with Gasteiger partial charge in [0.05, 0.1) is 11.2 Å². The number of hydrogen-bond donors (Lipinski definition) is 1. The van der Waals surface area contributed by atoms with E-state index >= 15 is 0 Å². The third kappa shape index (κ3) is 5.31. The Morgan fingerprint density at radius 2 is 1.82 bits per heavy atom. The molecule has 1 aromatic rings. The summed E-state index contributed by atoms with van der Waals surface area (Å²) in [5.41, 5.74) is 0.228. The number of sulfonamides is 2. The smallest absolute Gasteiger partial charge is 0.213 e. The van der Waals surface area contributed by atoms with Crippen LogP contribution in [0.2, 0.25) is 0 Å². The van der Waals surface area contributed by atoms with Crippen molar-refractivity contribution in [1.29, 1.82) is 0 Å². The highest BCUT2D eigenvalue weighted by Crippen LogP contribution is 2.14. The Kier molecular flexibility index (Phi) is 6.48. The minimum atomic E-state index is -3.79. The summed E-state index contributed by atoms with van der Waals surface area (Å²) in [6, 6.07) is 3.49. The van der Waals surface area contributed by atoms with Crippen molar-refractivity contribution in [3.05, 3.63) is 29.6 Å². The summed E-state index contributed by atoms with van der Waals surface area (Å²) in [6.45, 7) is 3.64. The van der Waals surface area contributed by atoms with E-state index in [1.165, 1.54) is 23.4 Å². The van der Waals surface area contributed by atoms with Gasteiger partial charge < -0.3 is 0 Å². The fraction of sp³-hybridized carbons (Fsp3) is 0.538. The number of benzene rings is 1. The van der Waals surface area contributed by atoms with Crippen LogP contribution in [0.4, 0.5) is 4.39 Å². The Balaban J connectivity index is 2.75. The topological polar surface area (TPSA) is 83.6 Å². The lowest BCUT2D eigenvalue weighted by Gasteiger charge is -2.19. The van der Waals surface area contributed by atoms with E-state index in [1.807, 2.05) is 6.92 Å². The molecule has 0 radical (unpaired) electrons. The highest BCUT2D eigenvalue weighted by Gasteiger charge is 2.18. The van der Waals surface area contributed by atoms with E-state index in [0.717, 1.165) is 12.3 Å². The van der Waals surface area contributed by atoms with Gasteiger partial charge in [0.1, 0.15) is 5.82 Å². The van der Waals surface area contributed by atoms with E-state index in [4.69, 9.17) is 0 Å². The highest BCUT2D eigenvalue weighted by atomic mass is 32.2. The molecule has 126 valence electrons. The summed E-state index contributed by atoms with van der Waals surface area (Å²) in [5.74, 6) is -0.481. The first-order chi connectivity index (χ1) is 10.1. The average Bonchev–Trinajstić information content (AvgIpc) is 2.39. The number of rotatable bonds is 8. The molecule has 1 N–H and O–H groups in total. The molecule has 9 heteroatoms. The minimum Gasteiger partial charge on any atom is -0.213 e. The van der Waals surface area contributed by atoms with Crippen LogP contribution in [0, 0.1) is 12.7 Å². The standard InChI is InChI=1S/C13H21FN2O4S2/c1-4-8-16(21(3,17)18)9-7-15-22(19,20)12-5-6-13(14)11(2)10-12/h5-6,10,15H,4,7-9H2,1-3H3. The number of aryl methyl sites for hydroxylation is 1. The van der Waals surface area contributed by atoms with Crippen LogP contribution < -0.4 is 4.72 Å². The van der Waals surface area contributed by atoms with Crippen LogP contribution in [0.5, 0.6) is 0 Å². The van der Waals surface area contributed by atoms with Crippen molar-refractivity contribution in [3.8, 4) is 0 Å². The Labute approximate surface area is 131 Å². The van der Waals surface area contributed by atoms with E-state index in [1.54, 1.807) is 0 Å². The zero-order valence-electron chi connectivity index (χ0n) is 12.8. The van der Waals surface area contributed by atoms with Crippen molar-refractivity contribution in [2.45, 2.75) is 25.2 Å². The van der Waals surface area contributed by atoms with Gasteiger partial charge in [-0.1, -0.05) is 6.92 Å². The second-order valence-corrected chi connectivity index (χ2v) is 8.72. The molecule has 6 nitrogen and oxygen atoms in total. The van der Waals surface area contributed by atoms with Crippen LogP contribution in [0.3, 0.4) is 0 Å². The molecule has 22 heavy (non-hydrogen) atoms. The van der Waals surface area contributed by atoms with E-state index in [0.29, 0.717) is 13.0 Å². The molecule has 0 atom stereocenters. The molecule has 0 saturated heterocycles. The molecular formula is C13H21FN2O4S2. The van der Waals surface area contributed by atoms with Gasteiger partial charge in [-0.05, 0) is 37.1 Å². The Hall–Kier alpha value is -1.03. The van der Waals surface area contributed by atoms with E-state index in [9.17, 15) is 21.2 Å². The second-order valence-electron chi connectivity index (χ2n) is 4.97. The van der Waals surface area contributed by atoms with E-state index in [2.05, 4.69) is 4.72 Å². The summed E-state index contributed by atoms with van der Waals surface area (Å²) < 4.78 is 64.0. The molecule has 0 aromatic heterocycles. The highest BCUT2D eigenvalue weighted by molar-refractivity contribution is 7.89. The first kappa shape index (κ1) is 19.0. The third-order valence-electron chi connectivity index (χ3n) is 3.04. The maximum absolute atomic E-state index is 13.2. The Bertz CT molecular complexity index is 718. The summed E-state index contributed by atoms with van der Waals surface area (Å²) >= 11 is 0. The zero-order chi connectivity index (χ0) is 17.0. The zero-order valence-corrected chi connectivity index (χ0v) is 14.5. The quantitative estimate of drug-likeness (QED) is 0.759. The first-order valence-corrected chi connectivity index (χ1v) is 10.1. The molecule has 0 aliphatic rings. The number of nitrogens with one attached hydrogen (secondary N) is 1. The fourth-order valence-corrected chi connectivity index (χ4v) is 3.91. The van der Waals surface area contributed by atoms with Crippen LogP contribution >= 0.6 is 0 Å². The van der Waals surface area contributed by atoms with E-state index in [-0.39, 0.29) is 23.5 Å². The first-order valence-electron chi connectivity index (χ1n) is 6.79. The van der Waals surface area contributed by atoms with Gasteiger partial charge in [0.15, 0.2) is 0 Å². The van der Waals surface area contributed by atoms with Crippen LogP contribution in [0.25, 0.3) is 0 Å². The molecule has 0 amide bonds. The van der Waals surface area contributed by atoms with Crippen LogP contribution in [0.1, 0.15) is 18.9 Å². The maximum Gasteiger partial charge on any atom is 0.240 e. The average molecular weight is 352 g/mol. The summed E-state index contributed by atoms with van der Waals surface area (Å²) in [4.78, 5) is -0.0483. The van der Waals surface area contributed by atoms with Crippen molar-refractivity contribution >= 4 is 20.0 Å². The molecule has 0 unspecified atom stereocenters. The molecule has 0 spiro atoms. The van der Waals surface area contributed by atoms with Crippen molar-refractivity contribution in [2.75, 3.05) is 25.9 Å². The SMILES string of the molecule is CCCN(CCNS(=O)(=O)c1ccc(F)c(C)c1)S(C)(=O)=O. The molecule has 0 heterocycles. The lowest BCUT2D eigenvalue weighted by molar-refractivity contribution is 0.416. The molecule has 0 aliphatic heterocycles. The normalized spacial score (nSPS) is 12.8. The van der Waals surface area contributed by atoms with Gasteiger partial charge in [-0.25, -0.2) is 30.3 Å². The van der Waals surface area contributed by atoms with Crippen molar-refractivity contribution in [3.63, 3.8) is 0 Å². The molecule has 0 bridgehead atoms. The van der Waals surface area contributed by atoms with Gasteiger partial charge in [-0.15, -0.1) is 0 Å². The number of halogens is 1. The minimum absolute atomic E-state index is 0.0477. The van der Waals surface area contributed by atoms with Gasteiger partial charge in [0, 0.05) is 19.6 Å². The Morgan fingerprint density at radius 3 is 2.32 bits per heavy atom. The van der Waals surface area contributed by atoms with Crippen molar-refractivity contribution < 1.29 is 21.2 Å². The molecule has 1 rings (SSSR count). The molecular weight excluding hydrogens is 331 g/mol. The number of hydrogen-bond acceptors (Lipinski definition) is 4. The third-order valence-corrected chi connectivity index (χ3v) is 5.80. The molecule has 0 aliphatic carbocycles. The van der Waals surface area contributed by atoms with Crippen LogP contribution in [-0.2, 0) is 20.0 Å². The molecule has 0 saturated carbocycles. The van der Waals surface area contributed by atoms with E-state index < -0.39 is 25.9 Å². The van der Waals surface area contributed by atoms with Gasteiger partial charge in [0.2, 0.25) is 20.0 Å². The lowest BCUT2D eigenvalue weighted by atomic mass is 10.2. The number of nitrogens with zero attached hydrogens (tertiary/aromatic N) is 1. The molecule has 1 aromatic carbocycles. The summed E-state index contributed by atoms with van der Waals surface area (Å²) in [6.07, 6.45) is 1.72. The van der Waals surface area contributed by atoms with Gasteiger partial charge in [0.25, 0.3) is 0 Å².